The van der Waals surface area contributed by atoms with Crippen LogP contribution < -0.4 is 0 Å². The van der Waals surface area contributed by atoms with Crippen molar-refractivity contribution < 1.29 is 14.8 Å². The molecule has 0 fully saturated rings. The number of nitrogens with zero attached hydrogens (tertiary/aromatic N) is 2. The average molecular weight is 206 g/mol. The normalized spacial score (nSPS) is 9.33. The summed E-state index contributed by atoms with van der Waals surface area (Å²) in [6.45, 7) is 1.22. The Morgan fingerprint density at radius 1 is 1.60 bits per heavy atom. The first-order valence-electron chi connectivity index (χ1n) is 3.89. The SMILES string of the molecule is CC(=O)c1cc(C#N)c(O)c([N+](=O)[O-])c1. The summed E-state index contributed by atoms with van der Waals surface area (Å²) in [6.07, 6.45) is 0. The topological polar surface area (TPSA) is 104 Å². The van der Waals surface area contributed by atoms with Gasteiger partial charge in [0.25, 0.3) is 0 Å². The van der Waals surface area contributed by atoms with Gasteiger partial charge in [0, 0.05) is 11.6 Å². The molecule has 0 heterocycles. The monoisotopic (exact) mass is 206 g/mol. The standard InChI is InChI=1S/C9H6N2O4/c1-5(12)6-2-7(4-10)9(13)8(3-6)11(14)15/h2-3,13H,1H3. The molecular weight excluding hydrogens is 200 g/mol. The average Bonchev–Trinajstić information content (AvgIpc) is 2.17. The molecule has 1 rings (SSSR count). The summed E-state index contributed by atoms with van der Waals surface area (Å²) in [5, 5.41) is 28.4. The lowest BCUT2D eigenvalue weighted by molar-refractivity contribution is -0.385. The third kappa shape index (κ3) is 1.91. The summed E-state index contributed by atoms with van der Waals surface area (Å²) in [7, 11) is 0. The largest absolute Gasteiger partial charge is 0.501 e. The van der Waals surface area contributed by atoms with Crippen molar-refractivity contribution in [2.45, 2.75) is 6.92 Å². The van der Waals surface area contributed by atoms with Crippen LogP contribution >= 0.6 is 0 Å². The number of phenolic OH excluding ortho intramolecular Hbond substituents is 1. The van der Waals surface area contributed by atoms with E-state index in [0.717, 1.165) is 12.1 Å². The summed E-state index contributed by atoms with van der Waals surface area (Å²) in [6, 6.07) is 3.64. The second-order valence-corrected chi connectivity index (χ2v) is 2.82. The molecule has 0 aliphatic rings. The van der Waals surface area contributed by atoms with Gasteiger partial charge >= 0.3 is 5.69 Å². The van der Waals surface area contributed by atoms with Crippen molar-refractivity contribution >= 4 is 11.5 Å². The Kier molecular flexibility index (Phi) is 2.67. The van der Waals surface area contributed by atoms with Crippen LogP contribution in [0.2, 0.25) is 0 Å². The Balaban J connectivity index is 3.54. The number of Topliss-reactive ketones (excluding diaryl/α,β-unsaturated/α-hetero) is 1. The smallest absolute Gasteiger partial charge is 0.312 e. The van der Waals surface area contributed by atoms with E-state index in [4.69, 9.17) is 5.26 Å². The van der Waals surface area contributed by atoms with Crippen LogP contribution in [0, 0.1) is 21.4 Å². The molecule has 76 valence electrons. The number of aromatic hydroxyl groups is 1. The predicted molar refractivity (Wildman–Crippen MR) is 49.5 cm³/mol. The third-order valence-corrected chi connectivity index (χ3v) is 1.81. The number of carbonyl (C=O) groups excluding carboxylic acids is 1. The fraction of sp³-hybridized carbons (Fsp3) is 0.111. The predicted octanol–water partition coefficient (Wildman–Crippen LogP) is 1.37. The maximum atomic E-state index is 11.0. The van der Waals surface area contributed by atoms with E-state index < -0.39 is 22.1 Å². The molecule has 0 spiro atoms. The van der Waals surface area contributed by atoms with Crippen LogP contribution in [0.5, 0.6) is 5.75 Å². The van der Waals surface area contributed by atoms with Gasteiger partial charge in [-0.25, -0.2) is 0 Å². The van der Waals surface area contributed by atoms with Gasteiger partial charge in [0.15, 0.2) is 5.78 Å². The lowest BCUT2D eigenvalue weighted by Crippen LogP contribution is -1.97. The van der Waals surface area contributed by atoms with Gasteiger partial charge in [-0.05, 0) is 13.0 Å². The molecule has 0 aliphatic carbocycles. The van der Waals surface area contributed by atoms with Gasteiger partial charge in [0.05, 0.1) is 4.92 Å². The van der Waals surface area contributed by atoms with Crippen molar-refractivity contribution in [1.82, 2.24) is 0 Å². The lowest BCUT2D eigenvalue weighted by atomic mass is 10.1. The Morgan fingerprint density at radius 3 is 2.60 bits per heavy atom. The van der Waals surface area contributed by atoms with Crippen molar-refractivity contribution in [3.63, 3.8) is 0 Å². The summed E-state index contributed by atoms with van der Waals surface area (Å²) in [5.74, 6) is -1.12. The minimum atomic E-state index is -0.845. The molecule has 0 radical (unpaired) electrons. The summed E-state index contributed by atoms with van der Waals surface area (Å²) < 4.78 is 0. The molecule has 0 unspecified atom stereocenters. The minimum Gasteiger partial charge on any atom is -0.501 e. The van der Waals surface area contributed by atoms with E-state index in [9.17, 15) is 20.0 Å². The second kappa shape index (κ2) is 3.75. The maximum Gasteiger partial charge on any atom is 0.312 e. The van der Waals surface area contributed by atoms with E-state index in [-0.39, 0.29) is 11.1 Å². The molecule has 0 amide bonds. The van der Waals surface area contributed by atoms with E-state index in [1.165, 1.54) is 6.92 Å². The van der Waals surface area contributed by atoms with Crippen LogP contribution in [0.25, 0.3) is 0 Å². The Hall–Kier alpha value is -2.42. The second-order valence-electron chi connectivity index (χ2n) is 2.82. The number of phenols is 1. The highest BCUT2D eigenvalue weighted by Gasteiger charge is 2.20. The Labute approximate surface area is 84.5 Å². The van der Waals surface area contributed by atoms with Gasteiger partial charge in [-0.15, -0.1) is 0 Å². The first-order chi connectivity index (χ1) is 6.97. The van der Waals surface area contributed by atoms with Crippen LogP contribution in [0.3, 0.4) is 0 Å². The molecule has 6 nitrogen and oxygen atoms in total. The highest BCUT2D eigenvalue weighted by molar-refractivity contribution is 5.95. The summed E-state index contributed by atoms with van der Waals surface area (Å²) in [4.78, 5) is 20.6. The molecule has 1 aromatic rings. The van der Waals surface area contributed by atoms with Crippen LogP contribution in [-0.2, 0) is 0 Å². The van der Waals surface area contributed by atoms with E-state index in [2.05, 4.69) is 0 Å². The molecular formula is C9H6N2O4. The molecule has 0 aliphatic heterocycles. The van der Waals surface area contributed by atoms with Crippen LogP contribution in [-0.4, -0.2) is 15.8 Å². The van der Waals surface area contributed by atoms with Crippen molar-refractivity contribution in [2.75, 3.05) is 0 Å². The van der Waals surface area contributed by atoms with Crippen molar-refractivity contribution in [3.8, 4) is 11.8 Å². The van der Waals surface area contributed by atoms with Gasteiger partial charge in [-0.3, -0.25) is 14.9 Å². The van der Waals surface area contributed by atoms with E-state index in [1.807, 2.05) is 0 Å². The van der Waals surface area contributed by atoms with E-state index in [1.54, 1.807) is 6.07 Å². The number of hydrogen-bond donors (Lipinski definition) is 1. The molecule has 0 saturated heterocycles. The number of carbonyl (C=O) groups is 1. The van der Waals surface area contributed by atoms with Gasteiger partial charge in [-0.1, -0.05) is 0 Å². The quantitative estimate of drug-likeness (QED) is 0.447. The third-order valence-electron chi connectivity index (χ3n) is 1.81. The molecule has 0 bridgehead atoms. The number of rotatable bonds is 2. The first kappa shape index (κ1) is 10.7. The zero-order valence-electron chi connectivity index (χ0n) is 7.72. The van der Waals surface area contributed by atoms with Gasteiger partial charge in [0.2, 0.25) is 5.75 Å². The number of nitriles is 1. The molecule has 0 saturated carbocycles. The van der Waals surface area contributed by atoms with Gasteiger partial charge in [-0.2, -0.15) is 5.26 Å². The fourth-order valence-corrected chi connectivity index (χ4v) is 1.05. The van der Waals surface area contributed by atoms with Crippen LogP contribution in [0.15, 0.2) is 12.1 Å². The highest BCUT2D eigenvalue weighted by atomic mass is 16.6. The van der Waals surface area contributed by atoms with Gasteiger partial charge < -0.3 is 5.11 Å². The first-order valence-corrected chi connectivity index (χ1v) is 3.89. The number of hydrogen-bond acceptors (Lipinski definition) is 5. The number of nitro groups is 1. The summed E-state index contributed by atoms with van der Waals surface area (Å²) >= 11 is 0. The maximum absolute atomic E-state index is 11.0. The summed E-state index contributed by atoms with van der Waals surface area (Å²) in [5.41, 5.74) is -0.898. The van der Waals surface area contributed by atoms with Gasteiger partial charge in [0.1, 0.15) is 11.6 Å². The molecule has 0 atom stereocenters. The number of benzene rings is 1. The highest BCUT2D eigenvalue weighted by Crippen LogP contribution is 2.30. The molecule has 1 N–H and O–H groups in total. The number of ketones is 1. The van der Waals surface area contributed by atoms with E-state index >= 15 is 0 Å². The number of nitro benzene ring substituents is 1. The molecule has 1 aromatic carbocycles. The zero-order chi connectivity index (χ0) is 11.6. The molecule has 6 heteroatoms. The Morgan fingerprint density at radius 2 is 2.20 bits per heavy atom. The van der Waals surface area contributed by atoms with Crippen molar-refractivity contribution in [1.29, 1.82) is 5.26 Å². The van der Waals surface area contributed by atoms with Crippen molar-refractivity contribution in [3.05, 3.63) is 33.4 Å². The fourth-order valence-electron chi connectivity index (χ4n) is 1.05. The van der Waals surface area contributed by atoms with E-state index in [0.29, 0.717) is 0 Å². The molecule has 0 aromatic heterocycles. The van der Waals surface area contributed by atoms with Crippen LogP contribution in [0.4, 0.5) is 5.69 Å². The van der Waals surface area contributed by atoms with Crippen molar-refractivity contribution in [2.24, 2.45) is 0 Å². The van der Waals surface area contributed by atoms with Crippen LogP contribution in [0.1, 0.15) is 22.8 Å². The lowest BCUT2D eigenvalue weighted by Gasteiger charge is -2.00. The zero-order valence-corrected chi connectivity index (χ0v) is 7.72. The Bertz CT molecular complexity index is 488. The minimum absolute atomic E-state index is 0.0241. The molecule has 15 heavy (non-hydrogen) atoms.